The average Bonchev–Trinajstić information content (AvgIpc) is 3.11. The van der Waals surface area contributed by atoms with Gasteiger partial charge in [0.1, 0.15) is 17.7 Å². The van der Waals surface area contributed by atoms with Gasteiger partial charge in [-0.3, -0.25) is 9.59 Å². The molecule has 0 amide bonds. The van der Waals surface area contributed by atoms with E-state index in [0.29, 0.717) is 37.2 Å². The van der Waals surface area contributed by atoms with Crippen molar-refractivity contribution in [1.82, 2.24) is 0 Å². The van der Waals surface area contributed by atoms with Gasteiger partial charge in [0.15, 0.2) is 5.78 Å². The Hall–Kier alpha value is -2.30. The summed E-state index contributed by atoms with van der Waals surface area (Å²) in [6, 6.07) is 2.98. The monoisotopic (exact) mass is 454 g/mol. The van der Waals surface area contributed by atoms with Crippen molar-refractivity contribution < 1.29 is 23.1 Å². The highest BCUT2D eigenvalue weighted by atomic mass is 19.1. The largest absolute Gasteiger partial charge is 0.462 e. The maximum Gasteiger partial charge on any atom is 0.305 e. The number of benzene rings is 1. The van der Waals surface area contributed by atoms with Crippen LogP contribution in [0.1, 0.15) is 82.3 Å². The van der Waals surface area contributed by atoms with Crippen molar-refractivity contribution in [1.29, 1.82) is 0 Å². The summed E-state index contributed by atoms with van der Waals surface area (Å²) in [7, 11) is 0. The van der Waals surface area contributed by atoms with Gasteiger partial charge in [0.2, 0.25) is 0 Å². The molecule has 5 atom stereocenters. The van der Waals surface area contributed by atoms with Crippen molar-refractivity contribution in [3.63, 3.8) is 0 Å². The van der Waals surface area contributed by atoms with Crippen LogP contribution in [0.5, 0.6) is 0 Å². The molecule has 0 aliphatic heterocycles. The number of carbonyl (C=O) groups is 2. The van der Waals surface area contributed by atoms with Gasteiger partial charge >= 0.3 is 5.97 Å². The second-order valence-electron chi connectivity index (χ2n) is 10.6. The standard InChI is InChI=1S/C28H32F2O3/c1-4-26(32)33-25-10-9-22-20-7-5-16-11-18(31)6-8-19(16)27(20)21(14-28(22,25)3)17-12-23(29)15(2)24(30)13-17/h11-13,20-22,25H,4-10,14H2,1-3H3. The molecule has 5 unspecified atom stereocenters. The summed E-state index contributed by atoms with van der Waals surface area (Å²) in [4.78, 5) is 24.3. The van der Waals surface area contributed by atoms with Crippen molar-refractivity contribution in [2.75, 3.05) is 0 Å². The number of rotatable bonds is 3. The number of fused-ring (bicyclic) bond motifs is 4. The third kappa shape index (κ3) is 3.59. The first-order valence-electron chi connectivity index (χ1n) is 12.3. The minimum absolute atomic E-state index is 0.0379. The fourth-order valence-electron chi connectivity index (χ4n) is 7.21. The first-order valence-corrected chi connectivity index (χ1v) is 12.3. The summed E-state index contributed by atoms with van der Waals surface area (Å²) in [6.45, 7) is 5.48. The molecule has 33 heavy (non-hydrogen) atoms. The lowest BCUT2D eigenvalue weighted by Gasteiger charge is -2.52. The van der Waals surface area contributed by atoms with Gasteiger partial charge in [-0.1, -0.05) is 19.4 Å². The van der Waals surface area contributed by atoms with Crippen LogP contribution in [-0.2, 0) is 14.3 Å². The second-order valence-corrected chi connectivity index (χ2v) is 10.6. The molecular weight excluding hydrogens is 422 g/mol. The van der Waals surface area contributed by atoms with E-state index < -0.39 is 11.6 Å². The lowest BCUT2D eigenvalue weighted by molar-refractivity contribution is -0.156. The molecule has 5 heteroatoms. The Balaban J connectivity index is 1.65. The van der Waals surface area contributed by atoms with Gasteiger partial charge in [0.25, 0.3) is 0 Å². The quantitative estimate of drug-likeness (QED) is 0.490. The van der Waals surface area contributed by atoms with Gasteiger partial charge in [0.05, 0.1) is 0 Å². The van der Waals surface area contributed by atoms with Crippen LogP contribution < -0.4 is 0 Å². The Morgan fingerprint density at radius 1 is 1.12 bits per heavy atom. The van der Waals surface area contributed by atoms with Crippen LogP contribution >= 0.6 is 0 Å². The Bertz CT molecular complexity index is 1060. The molecule has 176 valence electrons. The molecular formula is C28H32F2O3. The van der Waals surface area contributed by atoms with Crippen LogP contribution in [0, 0.1) is 35.8 Å². The van der Waals surface area contributed by atoms with Crippen LogP contribution in [-0.4, -0.2) is 17.9 Å². The Morgan fingerprint density at radius 2 is 1.85 bits per heavy atom. The molecule has 2 fully saturated rings. The van der Waals surface area contributed by atoms with E-state index in [9.17, 15) is 18.4 Å². The average molecular weight is 455 g/mol. The Kier molecular flexibility index (Phi) is 5.57. The predicted molar refractivity (Wildman–Crippen MR) is 122 cm³/mol. The SMILES string of the molecule is CCC(=O)OC1CCC2C3CCC4=CC(=O)CCC4=C3C(c3cc(F)c(C)c(F)c3)CC12C. The molecule has 4 aliphatic rings. The van der Waals surface area contributed by atoms with Crippen molar-refractivity contribution in [2.45, 2.75) is 84.2 Å². The number of hydrogen-bond acceptors (Lipinski definition) is 3. The number of esters is 1. The van der Waals surface area contributed by atoms with E-state index in [1.165, 1.54) is 30.2 Å². The van der Waals surface area contributed by atoms with E-state index in [4.69, 9.17) is 4.74 Å². The fourth-order valence-corrected chi connectivity index (χ4v) is 7.21. The Labute approximate surface area is 194 Å². The normalized spacial score (nSPS) is 33.2. The van der Waals surface area contributed by atoms with Crippen molar-refractivity contribution in [3.8, 4) is 0 Å². The molecule has 0 radical (unpaired) electrons. The predicted octanol–water partition coefficient (Wildman–Crippen LogP) is 6.49. The first-order chi connectivity index (χ1) is 15.7. The molecule has 2 saturated carbocycles. The third-order valence-electron chi connectivity index (χ3n) is 8.91. The van der Waals surface area contributed by atoms with Gasteiger partial charge in [-0.15, -0.1) is 0 Å². The minimum Gasteiger partial charge on any atom is -0.462 e. The topological polar surface area (TPSA) is 43.4 Å². The summed E-state index contributed by atoms with van der Waals surface area (Å²) in [5.41, 5.74) is 4.10. The number of ether oxygens (including phenoxy) is 1. The molecule has 3 nitrogen and oxygen atoms in total. The summed E-state index contributed by atoms with van der Waals surface area (Å²) in [5.74, 6) is -0.555. The summed E-state index contributed by atoms with van der Waals surface area (Å²) >= 11 is 0. The van der Waals surface area contributed by atoms with Crippen molar-refractivity contribution in [3.05, 3.63) is 57.7 Å². The van der Waals surface area contributed by atoms with Crippen LogP contribution in [0.2, 0.25) is 0 Å². The van der Waals surface area contributed by atoms with Crippen LogP contribution in [0.25, 0.3) is 0 Å². The zero-order valence-corrected chi connectivity index (χ0v) is 19.7. The minimum atomic E-state index is -0.523. The lowest BCUT2D eigenvalue weighted by atomic mass is 9.53. The number of halogens is 2. The maximum atomic E-state index is 14.7. The Morgan fingerprint density at radius 3 is 2.55 bits per heavy atom. The molecule has 0 N–H and O–H groups in total. The molecule has 4 aliphatic carbocycles. The lowest BCUT2D eigenvalue weighted by Crippen LogP contribution is -2.46. The van der Waals surface area contributed by atoms with Gasteiger partial charge in [-0.05, 0) is 92.2 Å². The highest BCUT2D eigenvalue weighted by Crippen LogP contribution is 2.64. The summed E-state index contributed by atoms with van der Waals surface area (Å²) < 4.78 is 35.3. The molecule has 0 spiro atoms. The number of carbonyl (C=O) groups excluding carboxylic acids is 2. The van der Waals surface area contributed by atoms with E-state index in [-0.39, 0.29) is 40.7 Å². The fraction of sp³-hybridized carbons (Fsp3) is 0.571. The van der Waals surface area contributed by atoms with Crippen LogP contribution in [0.15, 0.2) is 34.9 Å². The van der Waals surface area contributed by atoms with E-state index in [1.807, 2.05) is 0 Å². The maximum absolute atomic E-state index is 14.7. The van der Waals surface area contributed by atoms with Gasteiger partial charge < -0.3 is 4.74 Å². The van der Waals surface area contributed by atoms with E-state index >= 15 is 0 Å². The summed E-state index contributed by atoms with van der Waals surface area (Å²) in [6.07, 6.45) is 7.48. The smallest absolute Gasteiger partial charge is 0.305 e. The van der Waals surface area contributed by atoms with Crippen molar-refractivity contribution >= 4 is 11.8 Å². The first kappa shape index (κ1) is 22.5. The molecule has 5 rings (SSSR count). The van der Waals surface area contributed by atoms with E-state index in [0.717, 1.165) is 31.3 Å². The van der Waals surface area contributed by atoms with E-state index in [1.54, 1.807) is 13.0 Å². The molecule has 0 heterocycles. The third-order valence-corrected chi connectivity index (χ3v) is 8.91. The van der Waals surface area contributed by atoms with E-state index in [2.05, 4.69) is 6.92 Å². The molecule has 0 aromatic heterocycles. The van der Waals surface area contributed by atoms with Gasteiger partial charge in [0, 0.05) is 29.7 Å². The van der Waals surface area contributed by atoms with Gasteiger partial charge in [-0.2, -0.15) is 0 Å². The molecule has 0 saturated heterocycles. The number of ketones is 1. The highest BCUT2D eigenvalue weighted by Gasteiger charge is 2.58. The van der Waals surface area contributed by atoms with Crippen molar-refractivity contribution in [2.24, 2.45) is 17.3 Å². The zero-order chi connectivity index (χ0) is 23.5. The molecule has 0 bridgehead atoms. The van der Waals surface area contributed by atoms with Gasteiger partial charge in [-0.25, -0.2) is 8.78 Å². The number of allylic oxidation sites excluding steroid dienone is 4. The molecule has 1 aromatic rings. The number of hydrogen-bond donors (Lipinski definition) is 0. The van der Waals surface area contributed by atoms with Crippen LogP contribution in [0.4, 0.5) is 8.78 Å². The van der Waals surface area contributed by atoms with Crippen LogP contribution in [0.3, 0.4) is 0 Å². The second kappa shape index (κ2) is 8.18. The zero-order valence-electron chi connectivity index (χ0n) is 19.7. The molecule has 1 aromatic carbocycles. The summed E-state index contributed by atoms with van der Waals surface area (Å²) in [5, 5.41) is 0. The highest BCUT2D eigenvalue weighted by molar-refractivity contribution is 5.93.